The zero-order valence-electron chi connectivity index (χ0n) is 13.8. The van der Waals surface area contributed by atoms with Gasteiger partial charge in [0.25, 0.3) is 5.56 Å². The van der Waals surface area contributed by atoms with Crippen molar-refractivity contribution < 1.29 is 4.79 Å². The van der Waals surface area contributed by atoms with Gasteiger partial charge in [0.2, 0.25) is 5.91 Å². The van der Waals surface area contributed by atoms with Gasteiger partial charge in [-0.15, -0.1) is 0 Å². The fourth-order valence-electron chi connectivity index (χ4n) is 2.37. The van der Waals surface area contributed by atoms with Crippen LogP contribution in [-0.2, 0) is 11.8 Å². The number of benzene rings is 2. The highest BCUT2D eigenvalue weighted by Crippen LogP contribution is 2.26. The van der Waals surface area contributed by atoms with Gasteiger partial charge in [0.1, 0.15) is 0 Å². The maximum atomic E-state index is 12.4. The van der Waals surface area contributed by atoms with Crippen molar-refractivity contribution in [3.05, 3.63) is 62.9 Å². The molecule has 0 saturated heterocycles. The van der Waals surface area contributed by atoms with Crippen LogP contribution < -0.4 is 10.9 Å². The second kappa shape index (κ2) is 8.12. The van der Waals surface area contributed by atoms with E-state index in [1.54, 1.807) is 37.4 Å². The Balaban J connectivity index is 1.65. The van der Waals surface area contributed by atoms with Crippen LogP contribution in [0.15, 0.2) is 52.4 Å². The summed E-state index contributed by atoms with van der Waals surface area (Å²) in [4.78, 5) is 29.0. The summed E-state index contributed by atoms with van der Waals surface area (Å²) >= 11 is 13.3. The first-order valence-corrected chi connectivity index (χ1v) is 9.53. The zero-order valence-corrected chi connectivity index (χ0v) is 16.2. The highest BCUT2D eigenvalue weighted by molar-refractivity contribution is 7.99. The summed E-state index contributed by atoms with van der Waals surface area (Å²) in [6.07, 6.45) is 0.246. The molecule has 134 valence electrons. The number of thioether (sulfide) groups is 1. The zero-order chi connectivity index (χ0) is 18.7. The Morgan fingerprint density at radius 3 is 2.81 bits per heavy atom. The van der Waals surface area contributed by atoms with Crippen molar-refractivity contribution in [3.8, 4) is 0 Å². The Bertz CT molecular complexity index is 1040. The molecule has 1 amide bonds. The highest BCUT2D eigenvalue weighted by Gasteiger charge is 2.10. The number of carbonyl (C=O) groups excluding carboxylic acids is 1. The molecular formula is C18H15Cl2N3O2S. The summed E-state index contributed by atoms with van der Waals surface area (Å²) in [5.41, 5.74) is 1.02. The van der Waals surface area contributed by atoms with Crippen LogP contribution in [0.25, 0.3) is 10.9 Å². The van der Waals surface area contributed by atoms with Crippen molar-refractivity contribution in [1.82, 2.24) is 9.55 Å². The maximum absolute atomic E-state index is 12.4. The van der Waals surface area contributed by atoms with Crippen LogP contribution in [0, 0.1) is 0 Å². The molecule has 0 bridgehead atoms. The first kappa shape index (κ1) is 18.8. The lowest BCUT2D eigenvalue weighted by atomic mass is 10.2. The minimum absolute atomic E-state index is 0.103. The normalized spacial score (nSPS) is 10.9. The number of rotatable bonds is 5. The lowest BCUT2D eigenvalue weighted by Gasteiger charge is -2.09. The van der Waals surface area contributed by atoms with E-state index >= 15 is 0 Å². The van der Waals surface area contributed by atoms with Crippen LogP contribution in [0.1, 0.15) is 6.42 Å². The summed E-state index contributed by atoms with van der Waals surface area (Å²) in [6, 6.07) is 12.1. The van der Waals surface area contributed by atoms with Gasteiger partial charge in [-0.3, -0.25) is 14.2 Å². The predicted molar refractivity (Wildman–Crippen MR) is 107 cm³/mol. The lowest BCUT2D eigenvalue weighted by Crippen LogP contribution is -2.20. The Morgan fingerprint density at radius 1 is 1.23 bits per heavy atom. The van der Waals surface area contributed by atoms with Crippen LogP contribution in [0.4, 0.5) is 5.69 Å². The lowest BCUT2D eigenvalue weighted by molar-refractivity contribution is -0.115. The van der Waals surface area contributed by atoms with Gasteiger partial charge in [-0.2, -0.15) is 0 Å². The molecule has 1 heterocycles. The smallest absolute Gasteiger partial charge is 0.261 e. The monoisotopic (exact) mass is 407 g/mol. The van der Waals surface area contributed by atoms with Crippen molar-refractivity contribution >= 4 is 57.5 Å². The molecule has 1 aromatic heterocycles. The molecule has 1 N–H and O–H groups in total. The van der Waals surface area contributed by atoms with Crippen molar-refractivity contribution in [2.45, 2.75) is 11.6 Å². The van der Waals surface area contributed by atoms with Crippen molar-refractivity contribution in [1.29, 1.82) is 0 Å². The number of hydrogen-bond acceptors (Lipinski definition) is 4. The Kier molecular flexibility index (Phi) is 5.86. The molecule has 3 aromatic rings. The van der Waals surface area contributed by atoms with Gasteiger partial charge in [-0.25, -0.2) is 4.98 Å². The highest BCUT2D eigenvalue weighted by atomic mass is 35.5. The number of fused-ring (bicyclic) bond motifs is 1. The first-order chi connectivity index (χ1) is 12.5. The molecule has 0 aliphatic heterocycles. The van der Waals surface area contributed by atoms with E-state index in [-0.39, 0.29) is 17.9 Å². The molecule has 0 saturated carbocycles. The molecule has 0 atom stereocenters. The van der Waals surface area contributed by atoms with Crippen molar-refractivity contribution in [3.63, 3.8) is 0 Å². The maximum Gasteiger partial charge on any atom is 0.261 e. The minimum Gasteiger partial charge on any atom is -0.325 e. The van der Waals surface area contributed by atoms with E-state index in [0.717, 1.165) is 0 Å². The molecule has 0 radical (unpaired) electrons. The van der Waals surface area contributed by atoms with Gasteiger partial charge < -0.3 is 5.32 Å². The van der Waals surface area contributed by atoms with E-state index in [9.17, 15) is 9.59 Å². The number of nitrogens with one attached hydrogen (secondary N) is 1. The Labute approximate surface area is 164 Å². The summed E-state index contributed by atoms with van der Waals surface area (Å²) in [7, 11) is 1.68. The van der Waals surface area contributed by atoms with E-state index in [2.05, 4.69) is 10.3 Å². The average molecular weight is 408 g/mol. The molecule has 26 heavy (non-hydrogen) atoms. The number of para-hydroxylation sites is 1. The third kappa shape index (κ3) is 4.20. The third-order valence-corrected chi connectivity index (χ3v) is 5.30. The third-order valence-electron chi connectivity index (χ3n) is 3.70. The second-order valence-corrected chi connectivity index (χ2v) is 7.45. The number of carbonyl (C=O) groups is 1. The summed E-state index contributed by atoms with van der Waals surface area (Å²) < 4.78 is 1.50. The standard InChI is InChI=1S/C18H15Cl2N3O2S/c1-23-17(25)12-4-2-3-5-14(12)22-18(23)26-9-8-16(24)21-15-10-11(19)6-7-13(15)20/h2-7,10H,8-9H2,1H3,(H,21,24). The van der Waals surface area contributed by atoms with Crippen LogP contribution in [-0.4, -0.2) is 21.2 Å². The molecule has 0 aliphatic carbocycles. The Morgan fingerprint density at radius 2 is 2.00 bits per heavy atom. The largest absolute Gasteiger partial charge is 0.325 e. The SMILES string of the molecule is Cn1c(SCCC(=O)Nc2cc(Cl)ccc2Cl)nc2ccccc2c1=O. The minimum atomic E-state index is -0.188. The number of anilines is 1. The fraction of sp³-hybridized carbons (Fsp3) is 0.167. The summed E-state index contributed by atoms with van der Waals surface area (Å²) in [6.45, 7) is 0. The fourth-order valence-corrected chi connectivity index (χ4v) is 3.61. The molecule has 0 aliphatic rings. The number of hydrogen-bond donors (Lipinski definition) is 1. The first-order valence-electron chi connectivity index (χ1n) is 7.79. The van der Waals surface area contributed by atoms with Crippen LogP contribution in [0.2, 0.25) is 10.0 Å². The van der Waals surface area contributed by atoms with Crippen LogP contribution >= 0.6 is 35.0 Å². The molecule has 5 nitrogen and oxygen atoms in total. The van der Waals surface area contributed by atoms with Gasteiger partial charge >= 0.3 is 0 Å². The molecular weight excluding hydrogens is 393 g/mol. The van der Waals surface area contributed by atoms with E-state index in [1.165, 1.54) is 16.3 Å². The van der Waals surface area contributed by atoms with E-state index < -0.39 is 0 Å². The number of halogens is 2. The number of amides is 1. The molecule has 3 rings (SSSR count). The van der Waals surface area contributed by atoms with Gasteiger partial charge in [0.05, 0.1) is 21.6 Å². The van der Waals surface area contributed by atoms with E-state index in [1.807, 2.05) is 12.1 Å². The molecule has 8 heteroatoms. The van der Waals surface area contributed by atoms with Crippen molar-refractivity contribution in [2.75, 3.05) is 11.1 Å². The Hall–Kier alpha value is -2.02. The van der Waals surface area contributed by atoms with Crippen LogP contribution in [0.5, 0.6) is 0 Å². The second-order valence-electron chi connectivity index (χ2n) is 5.55. The van der Waals surface area contributed by atoms with Gasteiger partial charge in [0, 0.05) is 24.2 Å². The average Bonchev–Trinajstić information content (AvgIpc) is 2.62. The number of aromatic nitrogens is 2. The topological polar surface area (TPSA) is 64.0 Å². The molecule has 0 spiro atoms. The van der Waals surface area contributed by atoms with E-state index in [4.69, 9.17) is 23.2 Å². The van der Waals surface area contributed by atoms with Gasteiger partial charge in [-0.05, 0) is 30.3 Å². The predicted octanol–water partition coefficient (Wildman–Crippen LogP) is 4.36. The summed E-state index contributed by atoms with van der Waals surface area (Å²) in [5.74, 6) is 0.287. The van der Waals surface area contributed by atoms with Gasteiger partial charge in [0.15, 0.2) is 5.16 Å². The summed E-state index contributed by atoms with van der Waals surface area (Å²) in [5, 5.41) is 4.80. The van der Waals surface area contributed by atoms with Crippen molar-refractivity contribution in [2.24, 2.45) is 7.05 Å². The van der Waals surface area contributed by atoms with Crippen LogP contribution in [0.3, 0.4) is 0 Å². The molecule has 0 fully saturated rings. The van der Waals surface area contributed by atoms with Gasteiger partial charge in [-0.1, -0.05) is 47.1 Å². The molecule has 0 unspecified atom stereocenters. The number of nitrogens with zero attached hydrogens (tertiary/aromatic N) is 2. The quantitative estimate of drug-likeness (QED) is 0.503. The molecule has 2 aromatic carbocycles. The van der Waals surface area contributed by atoms with E-state index in [0.29, 0.717) is 37.5 Å².